The second-order valence-electron chi connectivity index (χ2n) is 2.33. The van der Waals surface area contributed by atoms with Crippen molar-refractivity contribution in [2.75, 3.05) is 13.2 Å². The third kappa shape index (κ3) is 4.51. The van der Waals surface area contributed by atoms with E-state index in [4.69, 9.17) is 0 Å². The first-order valence-corrected chi connectivity index (χ1v) is 4.45. The minimum atomic E-state index is -4.29. The van der Waals surface area contributed by atoms with Crippen LogP contribution in [-0.4, -0.2) is 24.4 Å². The highest BCUT2D eigenvalue weighted by atomic mass is 127. The molecule has 0 N–H and O–H groups in total. The molecule has 0 saturated heterocycles. The molecule has 0 fully saturated rings. The summed E-state index contributed by atoms with van der Waals surface area (Å²) in [6.07, 6.45) is 1.64. The van der Waals surface area contributed by atoms with Gasteiger partial charge in [0.15, 0.2) is 6.61 Å². The highest BCUT2D eigenvalue weighted by Crippen LogP contribution is 2.18. The molecular formula is C7H6F3INO. The first-order valence-electron chi connectivity index (χ1n) is 3.37. The lowest BCUT2D eigenvalue weighted by Gasteiger charge is -2.21. The highest BCUT2D eigenvalue weighted by molar-refractivity contribution is 14.1. The van der Waals surface area contributed by atoms with Gasteiger partial charge in [-0.25, -0.2) is 0 Å². The number of hydroxylamine groups is 2. The van der Waals surface area contributed by atoms with E-state index in [9.17, 15) is 13.2 Å². The molecule has 0 aliphatic carbocycles. The topological polar surface area (TPSA) is 12.5 Å². The van der Waals surface area contributed by atoms with Crippen molar-refractivity contribution in [3.05, 3.63) is 21.9 Å². The minimum absolute atomic E-state index is 0.225. The zero-order valence-electron chi connectivity index (χ0n) is 6.44. The van der Waals surface area contributed by atoms with Crippen molar-refractivity contribution in [2.45, 2.75) is 6.18 Å². The molecule has 0 aromatic rings. The van der Waals surface area contributed by atoms with E-state index in [1.165, 1.54) is 6.20 Å². The van der Waals surface area contributed by atoms with E-state index >= 15 is 0 Å². The molecule has 0 spiro atoms. The van der Waals surface area contributed by atoms with Gasteiger partial charge in [0.05, 0.1) is 6.54 Å². The number of hydrogen-bond acceptors (Lipinski definition) is 2. The van der Waals surface area contributed by atoms with Crippen LogP contribution in [0.25, 0.3) is 0 Å². The Morgan fingerprint density at radius 3 is 2.85 bits per heavy atom. The Labute approximate surface area is 87.1 Å². The lowest BCUT2D eigenvalue weighted by molar-refractivity contribution is -0.234. The predicted octanol–water partition coefficient (Wildman–Crippen LogP) is 2.43. The van der Waals surface area contributed by atoms with Crippen LogP contribution in [0.1, 0.15) is 0 Å². The summed E-state index contributed by atoms with van der Waals surface area (Å²) in [5, 5.41) is 1.11. The normalized spacial score (nSPS) is 17.5. The number of halogens is 4. The molecule has 13 heavy (non-hydrogen) atoms. The van der Waals surface area contributed by atoms with E-state index in [2.05, 4.69) is 10.9 Å². The van der Waals surface area contributed by atoms with Crippen LogP contribution in [0.2, 0.25) is 0 Å². The zero-order chi connectivity index (χ0) is 9.90. The molecule has 1 aliphatic heterocycles. The molecule has 6 heteroatoms. The molecule has 0 aromatic carbocycles. The third-order valence-corrected chi connectivity index (χ3v) is 1.74. The van der Waals surface area contributed by atoms with Crippen molar-refractivity contribution in [1.82, 2.24) is 5.06 Å². The Morgan fingerprint density at radius 2 is 2.31 bits per heavy atom. The van der Waals surface area contributed by atoms with Gasteiger partial charge in [-0.2, -0.15) is 13.2 Å². The first kappa shape index (κ1) is 10.8. The Hall–Kier alpha value is -0.240. The van der Waals surface area contributed by atoms with Gasteiger partial charge in [-0.15, -0.1) is 0 Å². The van der Waals surface area contributed by atoms with Crippen molar-refractivity contribution >= 4 is 22.6 Å². The molecule has 0 saturated carbocycles. The maximum atomic E-state index is 11.7. The molecule has 0 atom stereocenters. The maximum absolute atomic E-state index is 11.7. The van der Waals surface area contributed by atoms with Gasteiger partial charge in [0.1, 0.15) is 0 Å². The molecule has 0 unspecified atom stereocenters. The molecule has 1 heterocycles. The number of hydrogen-bond donors (Lipinski definition) is 0. The number of alkyl halides is 3. The third-order valence-electron chi connectivity index (χ3n) is 1.15. The number of rotatable bonds is 2. The van der Waals surface area contributed by atoms with Gasteiger partial charge in [-0.3, -0.25) is 9.90 Å². The smallest absolute Gasteiger partial charge is 0.264 e. The average molecular weight is 304 g/mol. The molecule has 1 rings (SSSR count). The van der Waals surface area contributed by atoms with Crippen LogP contribution in [0, 0.1) is 6.08 Å². The average Bonchev–Trinajstić information content (AvgIpc) is 2.00. The fraction of sp³-hybridized carbons (Fsp3) is 0.429. The fourth-order valence-corrected chi connectivity index (χ4v) is 1.22. The molecular weight excluding hydrogens is 298 g/mol. The van der Waals surface area contributed by atoms with Gasteiger partial charge in [0, 0.05) is 9.78 Å². The van der Waals surface area contributed by atoms with E-state index in [0.29, 0.717) is 0 Å². The SMILES string of the molecule is FC(F)(F)CON1C=C(I)C=[C]C1. The van der Waals surface area contributed by atoms with Gasteiger partial charge in [0.25, 0.3) is 0 Å². The highest BCUT2D eigenvalue weighted by Gasteiger charge is 2.29. The Bertz CT molecular complexity index is 236. The predicted molar refractivity (Wildman–Crippen MR) is 48.6 cm³/mol. The summed E-state index contributed by atoms with van der Waals surface area (Å²) in [7, 11) is 0. The van der Waals surface area contributed by atoms with Crippen molar-refractivity contribution in [1.29, 1.82) is 0 Å². The van der Waals surface area contributed by atoms with Gasteiger partial charge in [0.2, 0.25) is 0 Å². The molecule has 2 nitrogen and oxygen atoms in total. The Balaban J connectivity index is 2.35. The molecule has 1 radical (unpaired) electrons. The fourth-order valence-electron chi connectivity index (χ4n) is 0.693. The van der Waals surface area contributed by atoms with Crippen LogP contribution >= 0.6 is 22.6 Å². The van der Waals surface area contributed by atoms with Crippen molar-refractivity contribution in [3.63, 3.8) is 0 Å². The van der Waals surface area contributed by atoms with E-state index in [1.54, 1.807) is 6.08 Å². The minimum Gasteiger partial charge on any atom is -0.264 e. The van der Waals surface area contributed by atoms with Crippen molar-refractivity contribution in [3.8, 4) is 0 Å². The molecule has 0 amide bonds. The van der Waals surface area contributed by atoms with Gasteiger partial charge < -0.3 is 0 Å². The zero-order valence-corrected chi connectivity index (χ0v) is 8.59. The number of nitrogens with zero attached hydrogens (tertiary/aromatic N) is 1. The van der Waals surface area contributed by atoms with Crippen LogP contribution in [0.4, 0.5) is 13.2 Å². The van der Waals surface area contributed by atoms with Crippen molar-refractivity contribution in [2.24, 2.45) is 0 Å². The summed E-state index contributed by atoms with van der Waals surface area (Å²) >= 11 is 1.97. The van der Waals surface area contributed by atoms with Gasteiger partial charge >= 0.3 is 6.18 Å². The second-order valence-corrected chi connectivity index (χ2v) is 3.57. The van der Waals surface area contributed by atoms with Crippen molar-refractivity contribution < 1.29 is 18.0 Å². The quantitative estimate of drug-likeness (QED) is 0.727. The van der Waals surface area contributed by atoms with E-state index in [-0.39, 0.29) is 6.54 Å². The van der Waals surface area contributed by atoms with Gasteiger partial charge in [-0.05, 0) is 34.7 Å². The molecule has 0 aromatic heterocycles. The number of allylic oxidation sites excluding steroid dienone is 2. The Kier molecular flexibility index (Phi) is 3.60. The lowest BCUT2D eigenvalue weighted by atomic mass is 10.4. The van der Waals surface area contributed by atoms with E-state index in [1.807, 2.05) is 22.6 Å². The summed E-state index contributed by atoms with van der Waals surface area (Å²) in [4.78, 5) is 4.46. The van der Waals surface area contributed by atoms with Crippen LogP contribution in [0.5, 0.6) is 0 Å². The summed E-state index contributed by atoms with van der Waals surface area (Å²) in [6.45, 7) is -1.04. The van der Waals surface area contributed by atoms with E-state index in [0.717, 1.165) is 8.64 Å². The maximum Gasteiger partial charge on any atom is 0.414 e. The molecule has 1 aliphatic rings. The van der Waals surface area contributed by atoms with E-state index < -0.39 is 12.8 Å². The summed E-state index contributed by atoms with van der Waals surface area (Å²) in [5.41, 5.74) is 0. The van der Waals surface area contributed by atoms with Crippen LogP contribution < -0.4 is 0 Å². The largest absolute Gasteiger partial charge is 0.414 e. The second kappa shape index (κ2) is 4.32. The lowest BCUT2D eigenvalue weighted by Crippen LogP contribution is -2.27. The monoisotopic (exact) mass is 304 g/mol. The first-order chi connectivity index (χ1) is 5.97. The summed E-state index contributed by atoms with van der Waals surface area (Å²) < 4.78 is 35.9. The standard InChI is InChI=1S/C7H6F3INO/c8-7(9,10)5-13-12-3-1-2-6(11)4-12/h2,4H,3,5H2. The van der Waals surface area contributed by atoms with Crippen LogP contribution in [-0.2, 0) is 4.84 Å². The summed E-state index contributed by atoms with van der Waals surface area (Å²) in [6, 6.07) is 0. The molecule has 73 valence electrons. The summed E-state index contributed by atoms with van der Waals surface area (Å²) in [5.74, 6) is 0. The molecule has 0 bridgehead atoms. The Morgan fingerprint density at radius 1 is 1.62 bits per heavy atom. The van der Waals surface area contributed by atoms with Crippen LogP contribution in [0.15, 0.2) is 15.9 Å². The van der Waals surface area contributed by atoms with Crippen LogP contribution in [0.3, 0.4) is 0 Å². The van der Waals surface area contributed by atoms with Gasteiger partial charge in [-0.1, -0.05) is 0 Å².